The molecular formula is C14H12ClN3O. The fraction of sp³-hybridized carbons (Fsp3) is 0.143. The fourth-order valence-electron chi connectivity index (χ4n) is 2.04. The number of aromatic nitrogens is 3. The van der Waals surface area contributed by atoms with Gasteiger partial charge in [-0.25, -0.2) is 4.98 Å². The molecule has 96 valence electrons. The van der Waals surface area contributed by atoms with Crippen LogP contribution in [0.2, 0.25) is 5.15 Å². The molecule has 2 heterocycles. The largest absolute Gasteiger partial charge is 0.439 e. The summed E-state index contributed by atoms with van der Waals surface area (Å²) in [5.74, 6) is 1.31. The minimum atomic E-state index is 0.382. The first-order chi connectivity index (χ1) is 9.11. The fourth-order valence-corrected chi connectivity index (χ4v) is 2.22. The Labute approximate surface area is 115 Å². The summed E-state index contributed by atoms with van der Waals surface area (Å²) in [6.45, 7) is 4.06. The minimum absolute atomic E-state index is 0.382. The first kappa shape index (κ1) is 12.0. The van der Waals surface area contributed by atoms with Crippen molar-refractivity contribution in [1.82, 2.24) is 14.6 Å². The van der Waals surface area contributed by atoms with E-state index in [1.54, 1.807) is 22.8 Å². The number of aryl methyl sites for hydroxylation is 2. The van der Waals surface area contributed by atoms with Gasteiger partial charge in [0.2, 0.25) is 5.88 Å². The average Bonchev–Trinajstić information content (AvgIpc) is 2.75. The van der Waals surface area contributed by atoms with E-state index in [-0.39, 0.29) is 0 Å². The van der Waals surface area contributed by atoms with Crippen LogP contribution in [0, 0.1) is 13.8 Å². The zero-order valence-electron chi connectivity index (χ0n) is 10.6. The molecule has 5 heteroatoms. The number of nitrogens with zero attached hydrogens (tertiary/aromatic N) is 3. The molecule has 0 amide bonds. The van der Waals surface area contributed by atoms with Crippen LogP contribution in [0.25, 0.3) is 5.65 Å². The standard InChI is InChI=1S/C14H12ClN3O/c1-9-5-10(2)7-11(6-9)19-14-8-12(15)17-13-3-4-16-18(13)14/h3-8H,1-2H3. The molecule has 0 atom stereocenters. The summed E-state index contributed by atoms with van der Waals surface area (Å²) >= 11 is 5.98. The van der Waals surface area contributed by atoms with E-state index in [1.807, 2.05) is 26.0 Å². The summed E-state index contributed by atoms with van der Waals surface area (Å²) in [6.07, 6.45) is 1.66. The van der Waals surface area contributed by atoms with Crippen LogP contribution in [0.3, 0.4) is 0 Å². The van der Waals surface area contributed by atoms with Crippen LogP contribution in [0.1, 0.15) is 11.1 Å². The molecule has 0 radical (unpaired) electrons. The Morgan fingerprint density at radius 3 is 2.58 bits per heavy atom. The highest BCUT2D eigenvalue weighted by atomic mass is 35.5. The van der Waals surface area contributed by atoms with E-state index in [0.717, 1.165) is 16.9 Å². The Balaban J connectivity index is 2.07. The Morgan fingerprint density at radius 2 is 1.84 bits per heavy atom. The van der Waals surface area contributed by atoms with Crippen LogP contribution < -0.4 is 4.74 Å². The second kappa shape index (κ2) is 4.55. The second-order valence-corrected chi connectivity index (χ2v) is 4.83. The third-order valence-electron chi connectivity index (χ3n) is 2.71. The van der Waals surface area contributed by atoms with Gasteiger partial charge in [0.1, 0.15) is 10.9 Å². The number of halogens is 1. The summed E-state index contributed by atoms with van der Waals surface area (Å²) in [6, 6.07) is 9.46. The van der Waals surface area contributed by atoms with Gasteiger partial charge in [-0.3, -0.25) is 0 Å². The van der Waals surface area contributed by atoms with Crippen LogP contribution in [0.5, 0.6) is 11.6 Å². The van der Waals surface area contributed by atoms with Gasteiger partial charge in [0.25, 0.3) is 0 Å². The van der Waals surface area contributed by atoms with Crippen molar-refractivity contribution < 1.29 is 4.74 Å². The monoisotopic (exact) mass is 273 g/mol. The van der Waals surface area contributed by atoms with Crippen LogP contribution >= 0.6 is 11.6 Å². The molecule has 0 bridgehead atoms. The van der Waals surface area contributed by atoms with Gasteiger partial charge in [0, 0.05) is 12.1 Å². The maximum atomic E-state index is 5.98. The first-order valence-electron chi connectivity index (χ1n) is 5.88. The quantitative estimate of drug-likeness (QED) is 0.667. The zero-order chi connectivity index (χ0) is 13.4. The topological polar surface area (TPSA) is 39.4 Å². The summed E-state index contributed by atoms with van der Waals surface area (Å²) in [5, 5.41) is 4.55. The van der Waals surface area contributed by atoms with Crippen molar-refractivity contribution in [2.24, 2.45) is 0 Å². The first-order valence-corrected chi connectivity index (χ1v) is 6.26. The minimum Gasteiger partial charge on any atom is -0.439 e. The van der Waals surface area contributed by atoms with Gasteiger partial charge in [0.05, 0.1) is 6.20 Å². The molecule has 0 saturated carbocycles. The lowest BCUT2D eigenvalue weighted by Gasteiger charge is -2.09. The summed E-state index contributed by atoms with van der Waals surface area (Å²) < 4.78 is 7.48. The average molecular weight is 274 g/mol. The molecule has 0 spiro atoms. The number of ether oxygens (including phenoxy) is 1. The normalized spacial score (nSPS) is 10.9. The zero-order valence-corrected chi connectivity index (χ0v) is 11.3. The molecule has 19 heavy (non-hydrogen) atoms. The van der Waals surface area contributed by atoms with E-state index in [9.17, 15) is 0 Å². The number of fused-ring (bicyclic) bond motifs is 1. The third kappa shape index (κ3) is 2.39. The maximum absolute atomic E-state index is 5.98. The van der Waals surface area contributed by atoms with Gasteiger partial charge in [0.15, 0.2) is 5.65 Å². The molecule has 0 aliphatic carbocycles. The molecule has 2 aromatic heterocycles. The van der Waals surface area contributed by atoms with Crippen LogP contribution in [0.4, 0.5) is 0 Å². The van der Waals surface area contributed by atoms with Crippen molar-refractivity contribution in [2.45, 2.75) is 13.8 Å². The number of benzene rings is 1. The molecule has 3 aromatic rings. The molecule has 1 aromatic carbocycles. The molecule has 4 nitrogen and oxygen atoms in total. The third-order valence-corrected chi connectivity index (χ3v) is 2.91. The van der Waals surface area contributed by atoms with Gasteiger partial charge in [-0.15, -0.1) is 0 Å². The van der Waals surface area contributed by atoms with E-state index >= 15 is 0 Å². The van der Waals surface area contributed by atoms with Crippen LogP contribution in [-0.4, -0.2) is 14.6 Å². The predicted molar refractivity (Wildman–Crippen MR) is 74.0 cm³/mol. The van der Waals surface area contributed by atoms with Gasteiger partial charge < -0.3 is 4.74 Å². The predicted octanol–water partition coefficient (Wildman–Crippen LogP) is 3.79. The molecule has 0 aliphatic rings. The van der Waals surface area contributed by atoms with E-state index in [2.05, 4.69) is 16.1 Å². The highest BCUT2D eigenvalue weighted by molar-refractivity contribution is 6.29. The second-order valence-electron chi connectivity index (χ2n) is 4.44. The summed E-state index contributed by atoms with van der Waals surface area (Å²) in [4.78, 5) is 4.16. The van der Waals surface area contributed by atoms with Crippen molar-refractivity contribution in [3.63, 3.8) is 0 Å². The summed E-state index contributed by atoms with van der Waals surface area (Å²) in [7, 11) is 0. The highest BCUT2D eigenvalue weighted by Gasteiger charge is 2.08. The molecule has 3 rings (SSSR count). The van der Waals surface area contributed by atoms with Crippen molar-refractivity contribution in [3.8, 4) is 11.6 Å². The summed E-state index contributed by atoms with van der Waals surface area (Å²) in [5.41, 5.74) is 2.95. The Morgan fingerprint density at radius 1 is 1.11 bits per heavy atom. The van der Waals surface area contributed by atoms with Gasteiger partial charge in [-0.05, 0) is 37.1 Å². The molecule has 0 unspecified atom stereocenters. The Hall–Kier alpha value is -2.07. The molecule has 0 N–H and O–H groups in total. The lowest BCUT2D eigenvalue weighted by atomic mass is 10.1. The number of hydrogen-bond donors (Lipinski definition) is 0. The van der Waals surface area contributed by atoms with Crippen molar-refractivity contribution >= 4 is 17.2 Å². The van der Waals surface area contributed by atoms with Crippen LogP contribution in [0.15, 0.2) is 36.5 Å². The van der Waals surface area contributed by atoms with E-state index in [0.29, 0.717) is 16.7 Å². The molecule has 0 aliphatic heterocycles. The van der Waals surface area contributed by atoms with Crippen molar-refractivity contribution in [3.05, 3.63) is 52.8 Å². The van der Waals surface area contributed by atoms with Crippen molar-refractivity contribution in [1.29, 1.82) is 0 Å². The van der Waals surface area contributed by atoms with E-state index in [1.165, 1.54) is 0 Å². The smallest absolute Gasteiger partial charge is 0.225 e. The van der Waals surface area contributed by atoms with E-state index in [4.69, 9.17) is 16.3 Å². The van der Waals surface area contributed by atoms with Gasteiger partial charge in [-0.1, -0.05) is 17.7 Å². The Bertz CT molecular complexity index is 731. The van der Waals surface area contributed by atoms with Crippen LogP contribution in [-0.2, 0) is 0 Å². The number of rotatable bonds is 2. The Kier molecular flexibility index (Phi) is 2.87. The lowest BCUT2D eigenvalue weighted by Crippen LogP contribution is -1.97. The van der Waals surface area contributed by atoms with Crippen molar-refractivity contribution in [2.75, 3.05) is 0 Å². The molecule has 0 saturated heterocycles. The van der Waals surface area contributed by atoms with E-state index < -0.39 is 0 Å². The number of hydrogen-bond acceptors (Lipinski definition) is 3. The van der Waals surface area contributed by atoms with Gasteiger partial charge in [-0.2, -0.15) is 9.61 Å². The highest BCUT2D eigenvalue weighted by Crippen LogP contribution is 2.25. The SMILES string of the molecule is Cc1cc(C)cc(Oc2cc(Cl)nc3ccnn23)c1. The lowest BCUT2D eigenvalue weighted by molar-refractivity contribution is 0.445. The molecular weight excluding hydrogens is 262 g/mol. The van der Waals surface area contributed by atoms with Gasteiger partial charge >= 0.3 is 0 Å². The molecule has 0 fully saturated rings. The maximum Gasteiger partial charge on any atom is 0.225 e.